The van der Waals surface area contributed by atoms with Gasteiger partial charge in [-0.3, -0.25) is 0 Å². The lowest BCUT2D eigenvalue weighted by Crippen LogP contribution is -2.41. The summed E-state index contributed by atoms with van der Waals surface area (Å²) in [5.74, 6) is 0. The van der Waals surface area contributed by atoms with Crippen molar-refractivity contribution in [3.63, 3.8) is 0 Å². The first kappa shape index (κ1) is 30.8. The maximum absolute atomic E-state index is 3.80. The van der Waals surface area contributed by atoms with Gasteiger partial charge in [0.2, 0.25) is 0 Å². The molecule has 0 amide bonds. The van der Waals surface area contributed by atoms with Crippen molar-refractivity contribution in [2.75, 3.05) is 13.1 Å². The first-order valence-electron chi connectivity index (χ1n) is 16.7. The Morgan fingerprint density at radius 2 is 0.933 bits per heavy atom. The number of hydrogen-bond donors (Lipinski definition) is 2. The summed E-state index contributed by atoms with van der Waals surface area (Å²) in [6.45, 7) is 11.1. The summed E-state index contributed by atoms with van der Waals surface area (Å²) in [5, 5.41) is 7.60. The number of fused-ring (bicyclic) bond motifs is 1. The van der Waals surface area contributed by atoms with E-state index in [-0.39, 0.29) is 5.41 Å². The molecule has 0 fully saturated rings. The third kappa shape index (κ3) is 6.06. The van der Waals surface area contributed by atoms with Crippen molar-refractivity contribution in [1.82, 2.24) is 10.6 Å². The number of nitrogens with one attached hydrogen (secondary N) is 2. The second-order valence-electron chi connectivity index (χ2n) is 12.5. The standard InChI is InChI=1S/C43H46N2/c1-5-44-31(3)29-43(30-32(4)45-6-2)38-28-27-37(33-19-11-7-12-20-33)39(34-21-13-8-14-22-34)41(38)40(35-23-15-9-16-24-35)42(43)36-25-17-10-18-26-36/h7-28,31-32,44-45H,5-6,29-30H2,1-4H3. The number of allylic oxidation sites excluding steroid dienone is 1. The van der Waals surface area contributed by atoms with Crippen LogP contribution >= 0.6 is 0 Å². The van der Waals surface area contributed by atoms with Gasteiger partial charge < -0.3 is 10.6 Å². The molecule has 2 atom stereocenters. The van der Waals surface area contributed by atoms with Crippen LogP contribution in [-0.2, 0) is 5.41 Å². The summed E-state index contributed by atoms with van der Waals surface area (Å²) in [6.07, 6.45) is 2.01. The van der Waals surface area contributed by atoms with Crippen molar-refractivity contribution in [2.24, 2.45) is 0 Å². The minimum Gasteiger partial charge on any atom is -0.314 e. The van der Waals surface area contributed by atoms with Gasteiger partial charge in [-0.2, -0.15) is 0 Å². The zero-order valence-corrected chi connectivity index (χ0v) is 27.2. The molecule has 0 aliphatic heterocycles. The Balaban J connectivity index is 1.80. The van der Waals surface area contributed by atoms with Crippen molar-refractivity contribution in [2.45, 2.75) is 58.0 Å². The van der Waals surface area contributed by atoms with E-state index in [2.05, 4.69) is 172 Å². The minimum absolute atomic E-state index is 0.218. The first-order chi connectivity index (χ1) is 22.1. The molecule has 228 valence electrons. The van der Waals surface area contributed by atoms with Gasteiger partial charge in [0.1, 0.15) is 0 Å². The van der Waals surface area contributed by atoms with E-state index in [1.54, 1.807) is 0 Å². The molecule has 0 spiro atoms. The molecule has 2 unspecified atom stereocenters. The van der Waals surface area contributed by atoms with Crippen molar-refractivity contribution in [3.05, 3.63) is 156 Å². The molecule has 2 N–H and O–H groups in total. The third-order valence-corrected chi connectivity index (χ3v) is 9.39. The quantitative estimate of drug-likeness (QED) is 0.151. The molecule has 6 rings (SSSR count). The van der Waals surface area contributed by atoms with Crippen molar-refractivity contribution in [1.29, 1.82) is 0 Å². The molecule has 1 aliphatic rings. The van der Waals surface area contributed by atoms with Crippen LogP contribution in [0.3, 0.4) is 0 Å². The lowest BCUT2D eigenvalue weighted by molar-refractivity contribution is 0.355. The Morgan fingerprint density at radius 3 is 1.42 bits per heavy atom. The van der Waals surface area contributed by atoms with Crippen LogP contribution in [0.4, 0.5) is 0 Å². The predicted molar refractivity (Wildman–Crippen MR) is 193 cm³/mol. The average molecular weight is 591 g/mol. The van der Waals surface area contributed by atoms with Crippen molar-refractivity contribution >= 4 is 11.1 Å². The largest absolute Gasteiger partial charge is 0.314 e. The maximum Gasteiger partial charge on any atom is 0.0250 e. The number of rotatable bonds is 12. The highest BCUT2D eigenvalue weighted by molar-refractivity contribution is 6.12. The molecular formula is C43H46N2. The highest BCUT2D eigenvalue weighted by Crippen LogP contribution is 2.60. The molecule has 0 aromatic heterocycles. The Kier molecular flexibility index (Phi) is 9.45. The summed E-state index contributed by atoms with van der Waals surface area (Å²) in [4.78, 5) is 0. The molecule has 0 saturated carbocycles. The van der Waals surface area contributed by atoms with Crippen LogP contribution in [0.5, 0.6) is 0 Å². The Hall–Kier alpha value is -4.24. The summed E-state index contributed by atoms with van der Waals surface area (Å²) in [7, 11) is 0. The highest BCUT2D eigenvalue weighted by atomic mass is 14.9. The molecule has 2 heteroatoms. The molecule has 0 saturated heterocycles. The van der Waals surface area contributed by atoms with Gasteiger partial charge >= 0.3 is 0 Å². The van der Waals surface area contributed by atoms with E-state index in [1.807, 2.05) is 0 Å². The Labute approximate surface area is 270 Å². The molecule has 2 nitrogen and oxygen atoms in total. The molecule has 0 bridgehead atoms. The molecule has 0 heterocycles. The maximum atomic E-state index is 3.80. The molecule has 0 radical (unpaired) electrons. The Morgan fingerprint density at radius 1 is 0.489 bits per heavy atom. The van der Waals surface area contributed by atoms with Crippen LogP contribution in [0, 0.1) is 0 Å². The van der Waals surface area contributed by atoms with Crippen LogP contribution in [0.25, 0.3) is 33.4 Å². The summed E-state index contributed by atoms with van der Waals surface area (Å²) in [5.41, 5.74) is 13.1. The average Bonchev–Trinajstić information content (AvgIpc) is 3.35. The van der Waals surface area contributed by atoms with Gasteiger partial charge in [0, 0.05) is 17.5 Å². The van der Waals surface area contributed by atoms with E-state index in [1.165, 1.54) is 55.7 Å². The van der Waals surface area contributed by atoms with Crippen molar-refractivity contribution in [3.8, 4) is 22.3 Å². The van der Waals surface area contributed by atoms with Crippen molar-refractivity contribution < 1.29 is 0 Å². The second kappa shape index (κ2) is 13.8. The normalized spacial score (nSPS) is 17.2. The van der Waals surface area contributed by atoms with E-state index in [9.17, 15) is 0 Å². The predicted octanol–water partition coefficient (Wildman–Crippen LogP) is 10.0. The summed E-state index contributed by atoms with van der Waals surface area (Å²) in [6, 6.07) is 49.8. The van der Waals surface area contributed by atoms with Gasteiger partial charge in [0.05, 0.1) is 0 Å². The fourth-order valence-corrected chi connectivity index (χ4v) is 7.84. The molecular weight excluding hydrogens is 544 g/mol. The van der Waals surface area contributed by atoms with E-state index in [0.717, 1.165) is 25.9 Å². The number of benzene rings is 5. The van der Waals surface area contributed by atoms with E-state index in [4.69, 9.17) is 0 Å². The van der Waals surface area contributed by atoms with Gasteiger partial charge in [-0.1, -0.05) is 147 Å². The first-order valence-corrected chi connectivity index (χ1v) is 16.7. The van der Waals surface area contributed by atoms with Crippen LogP contribution in [0.1, 0.15) is 62.8 Å². The second-order valence-corrected chi connectivity index (χ2v) is 12.5. The van der Waals surface area contributed by atoms with Crippen LogP contribution < -0.4 is 10.6 Å². The minimum atomic E-state index is -0.218. The SMILES string of the molecule is CCNC(C)CC1(CC(C)NCC)C(c2ccccc2)=C(c2ccccc2)c2c1ccc(-c1ccccc1)c2-c1ccccc1. The monoisotopic (exact) mass is 590 g/mol. The van der Waals surface area contributed by atoms with Crippen LogP contribution in [0.2, 0.25) is 0 Å². The summed E-state index contributed by atoms with van der Waals surface area (Å²) >= 11 is 0. The van der Waals surface area contributed by atoms with E-state index < -0.39 is 0 Å². The zero-order chi connectivity index (χ0) is 31.2. The summed E-state index contributed by atoms with van der Waals surface area (Å²) < 4.78 is 0. The Bertz CT molecular complexity index is 1710. The molecule has 1 aliphatic carbocycles. The number of hydrogen-bond acceptors (Lipinski definition) is 2. The topological polar surface area (TPSA) is 24.1 Å². The molecule has 5 aromatic rings. The van der Waals surface area contributed by atoms with Gasteiger partial charge in [-0.15, -0.1) is 0 Å². The fourth-order valence-electron chi connectivity index (χ4n) is 7.84. The van der Waals surface area contributed by atoms with E-state index in [0.29, 0.717) is 12.1 Å². The molecule has 5 aromatic carbocycles. The zero-order valence-electron chi connectivity index (χ0n) is 27.2. The smallest absolute Gasteiger partial charge is 0.0250 e. The van der Waals surface area contributed by atoms with Crippen LogP contribution in [-0.4, -0.2) is 25.2 Å². The molecule has 45 heavy (non-hydrogen) atoms. The lowest BCUT2D eigenvalue weighted by Gasteiger charge is -2.39. The highest BCUT2D eigenvalue weighted by Gasteiger charge is 2.48. The fraction of sp³-hybridized carbons (Fsp3) is 0.256. The van der Waals surface area contributed by atoms with Gasteiger partial charge in [0.15, 0.2) is 0 Å². The van der Waals surface area contributed by atoms with Gasteiger partial charge in [-0.05, 0) is 95.4 Å². The van der Waals surface area contributed by atoms with Gasteiger partial charge in [0.25, 0.3) is 0 Å². The van der Waals surface area contributed by atoms with Crippen LogP contribution in [0.15, 0.2) is 133 Å². The third-order valence-electron chi connectivity index (χ3n) is 9.39. The van der Waals surface area contributed by atoms with E-state index >= 15 is 0 Å². The lowest BCUT2D eigenvalue weighted by atomic mass is 9.66. The van der Waals surface area contributed by atoms with Gasteiger partial charge in [-0.25, -0.2) is 0 Å².